The molecule has 26 heavy (non-hydrogen) atoms. The molecular weight excluding hydrogens is 332 g/mol. The van der Waals surface area contributed by atoms with Crippen molar-refractivity contribution in [2.45, 2.75) is 19.4 Å². The number of hydrogen-bond acceptors (Lipinski definition) is 3. The summed E-state index contributed by atoms with van der Waals surface area (Å²) in [7, 11) is 0. The van der Waals surface area contributed by atoms with Gasteiger partial charge < -0.3 is 20.1 Å². The van der Waals surface area contributed by atoms with Crippen molar-refractivity contribution in [1.29, 1.82) is 0 Å². The summed E-state index contributed by atoms with van der Waals surface area (Å²) >= 11 is 0. The lowest BCUT2D eigenvalue weighted by molar-refractivity contribution is -0.123. The smallest absolute Gasteiger partial charge is 0.254 e. The summed E-state index contributed by atoms with van der Waals surface area (Å²) in [5.74, 6) is -0.445. The summed E-state index contributed by atoms with van der Waals surface area (Å²) in [6.07, 6.45) is 5.08. The lowest BCUT2D eigenvalue weighted by Crippen LogP contribution is -2.49. The molecule has 1 aromatic carbocycles. The number of carbonyl (C=O) groups excluding carboxylic acids is 3. The van der Waals surface area contributed by atoms with Crippen molar-refractivity contribution in [1.82, 2.24) is 14.8 Å². The Kier molecular flexibility index (Phi) is 5.68. The van der Waals surface area contributed by atoms with E-state index in [4.69, 9.17) is 0 Å². The molecule has 136 valence electrons. The average molecular weight is 354 g/mol. The second-order valence-corrected chi connectivity index (χ2v) is 6.23. The topological polar surface area (TPSA) is 83.4 Å². The van der Waals surface area contributed by atoms with Gasteiger partial charge in [-0.25, -0.2) is 0 Å². The third-order valence-corrected chi connectivity index (χ3v) is 4.21. The first kappa shape index (κ1) is 17.7. The Morgan fingerprint density at radius 3 is 2.73 bits per heavy atom. The van der Waals surface area contributed by atoms with E-state index in [9.17, 15) is 14.4 Å². The van der Waals surface area contributed by atoms with Crippen LogP contribution in [0.15, 0.2) is 48.8 Å². The predicted molar refractivity (Wildman–Crippen MR) is 97.7 cm³/mol. The van der Waals surface area contributed by atoms with E-state index >= 15 is 0 Å². The molecule has 2 heterocycles. The fourth-order valence-electron chi connectivity index (χ4n) is 2.89. The number of nitrogens with one attached hydrogen (secondary N) is 2. The van der Waals surface area contributed by atoms with Crippen molar-refractivity contribution in [2.24, 2.45) is 0 Å². The number of nitrogens with zero attached hydrogens (tertiary/aromatic N) is 2. The third-order valence-electron chi connectivity index (χ3n) is 4.21. The highest BCUT2D eigenvalue weighted by Crippen LogP contribution is 2.14. The van der Waals surface area contributed by atoms with Crippen molar-refractivity contribution in [3.05, 3.63) is 54.4 Å². The quantitative estimate of drug-likeness (QED) is 0.824. The molecule has 0 aliphatic carbocycles. The summed E-state index contributed by atoms with van der Waals surface area (Å²) < 4.78 is 2.03. The molecule has 0 radical (unpaired) electrons. The van der Waals surface area contributed by atoms with Gasteiger partial charge in [-0.3, -0.25) is 14.4 Å². The monoisotopic (exact) mass is 354 g/mol. The number of aryl methyl sites for hydroxylation is 1. The molecule has 1 saturated heterocycles. The Hall–Kier alpha value is -3.09. The van der Waals surface area contributed by atoms with Crippen LogP contribution in [0.2, 0.25) is 0 Å². The minimum atomic E-state index is -0.205. The molecule has 2 N–H and O–H groups in total. The van der Waals surface area contributed by atoms with Gasteiger partial charge in [0.25, 0.3) is 5.91 Å². The molecular formula is C19H22N4O3. The van der Waals surface area contributed by atoms with Gasteiger partial charge in [0.2, 0.25) is 11.8 Å². The molecule has 2 aromatic rings. The highest BCUT2D eigenvalue weighted by molar-refractivity contribution is 5.99. The molecule has 0 saturated carbocycles. The molecule has 1 aromatic heterocycles. The summed E-state index contributed by atoms with van der Waals surface area (Å²) in [6.45, 7) is 1.80. The number of carbonyl (C=O) groups is 3. The molecule has 0 atom stereocenters. The van der Waals surface area contributed by atoms with Crippen molar-refractivity contribution in [3.63, 3.8) is 0 Å². The number of piperazine rings is 1. The number of hydrogen-bond donors (Lipinski definition) is 2. The van der Waals surface area contributed by atoms with E-state index in [0.717, 1.165) is 13.0 Å². The van der Waals surface area contributed by atoms with Crippen molar-refractivity contribution in [3.8, 4) is 0 Å². The number of benzene rings is 1. The van der Waals surface area contributed by atoms with Gasteiger partial charge in [0.1, 0.15) is 0 Å². The van der Waals surface area contributed by atoms with E-state index in [1.807, 2.05) is 29.1 Å². The molecule has 1 aliphatic rings. The van der Waals surface area contributed by atoms with Crippen LogP contribution >= 0.6 is 0 Å². The van der Waals surface area contributed by atoms with E-state index in [2.05, 4.69) is 10.6 Å². The molecule has 0 spiro atoms. The number of anilines is 1. The maximum Gasteiger partial charge on any atom is 0.254 e. The van der Waals surface area contributed by atoms with Crippen LogP contribution in [-0.2, 0) is 16.1 Å². The molecule has 0 unspecified atom stereocenters. The van der Waals surface area contributed by atoms with Crippen molar-refractivity contribution >= 4 is 23.4 Å². The van der Waals surface area contributed by atoms with Gasteiger partial charge in [-0.1, -0.05) is 6.07 Å². The zero-order chi connectivity index (χ0) is 18.4. The minimum Gasteiger partial charge on any atom is -0.354 e. The Morgan fingerprint density at radius 1 is 1.15 bits per heavy atom. The Balaban J connectivity index is 1.53. The highest BCUT2D eigenvalue weighted by Gasteiger charge is 2.22. The van der Waals surface area contributed by atoms with Gasteiger partial charge in [-0.05, 0) is 36.8 Å². The fraction of sp³-hybridized carbons (Fsp3) is 0.316. The van der Waals surface area contributed by atoms with Crippen LogP contribution in [-0.4, -0.2) is 46.8 Å². The lowest BCUT2D eigenvalue weighted by Gasteiger charge is -2.26. The molecule has 3 amide bonds. The lowest BCUT2D eigenvalue weighted by atomic mass is 10.1. The summed E-state index contributed by atoms with van der Waals surface area (Å²) in [5.41, 5.74) is 1.05. The summed E-state index contributed by atoms with van der Waals surface area (Å²) in [6, 6.07) is 10.7. The zero-order valence-corrected chi connectivity index (χ0v) is 14.5. The first-order chi connectivity index (χ1) is 12.6. The van der Waals surface area contributed by atoms with E-state index in [1.54, 1.807) is 24.3 Å². The van der Waals surface area contributed by atoms with Gasteiger partial charge in [0.15, 0.2) is 0 Å². The summed E-state index contributed by atoms with van der Waals surface area (Å²) in [4.78, 5) is 37.6. The van der Waals surface area contributed by atoms with Crippen LogP contribution in [0.1, 0.15) is 23.2 Å². The SMILES string of the molecule is O=C1CN(C(=O)c2cccc(NC(=O)CCCn3cccc3)c2)CCN1. The highest BCUT2D eigenvalue weighted by atomic mass is 16.2. The largest absolute Gasteiger partial charge is 0.354 e. The molecule has 3 rings (SSSR count). The van der Waals surface area contributed by atoms with E-state index in [0.29, 0.717) is 30.8 Å². The minimum absolute atomic E-state index is 0.0643. The Bertz CT molecular complexity index is 786. The molecule has 1 fully saturated rings. The zero-order valence-electron chi connectivity index (χ0n) is 14.5. The average Bonchev–Trinajstić information content (AvgIpc) is 3.15. The van der Waals surface area contributed by atoms with Crippen LogP contribution in [0.3, 0.4) is 0 Å². The third kappa shape index (κ3) is 4.72. The maximum absolute atomic E-state index is 12.5. The predicted octanol–water partition coefficient (Wildman–Crippen LogP) is 1.48. The van der Waals surface area contributed by atoms with Crippen LogP contribution in [0.5, 0.6) is 0 Å². The van der Waals surface area contributed by atoms with Gasteiger partial charge in [0.05, 0.1) is 6.54 Å². The Morgan fingerprint density at radius 2 is 1.96 bits per heavy atom. The van der Waals surface area contributed by atoms with Crippen LogP contribution in [0.4, 0.5) is 5.69 Å². The van der Waals surface area contributed by atoms with Crippen LogP contribution in [0, 0.1) is 0 Å². The number of aromatic nitrogens is 1. The normalized spacial score (nSPS) is 14.0. The van der Waals surface area contributed by atoms with Crippen LogP contribution < -0.4 is 10.6 Å². The first-order valence-electron chi connectivity index (χ1n) is 8.68. The maximum atomic E-state index is 12.5. The molecule has 0 bridgehead atoms. The van der Waals surface area contributed by atoms with Gasteiger partial charge in [-0.15, -0.1) is 0 Å². The van der Waals surface area contributed by atoms with Gasteiger partial charge >= 0.3 is 0 Å². The Labute approximate surface area is 152 Å². The number of amides is 3. The van der Waals surface area contributed by atoms with Crippen molar-refractivity contribution in [2.75, 3.05) is 25.0 Å². The summed E-state index contributed by atoms with van der Waals surface area (Å²) in [5, 5.41) is 5.52. The van der Waals surface area contributed by atoms with Gasteiger partial charge in [-0.2, -0.15) is 0 Å². The van der Waals surface area contributed by atoms with Crippen LogP contribution in [0.25, 0.3) is 0 Å². The van der Waals surface area contributed by atoms with E-state index < -0.39 is 0 Å². The standard InChI is InChI=1S/C19H22N4O3/c24-17(7-4-11-22-9-1-2-10-22)21-16-6-3-5-15(13-16)19(26)23-12-8-20-18(25)14-23/h1-3,5-6,9-10,13H,4,7-8,11-12,14H2,(H,20,25)(H,21,24). The second-order valence-electron chi connectivity index (χ2n) is 6.23. The number of rotatable bonds is 6. The fourth-order valence-corrected chi connectivity index (χ4v) is 2.89. The molecule has 7 heteroatoms. The van der Waals surface area contributed by atoms with Crippen molar-refractivity contribution < 1.29 is 14.4 Å². The molecule has 7 nitrogen and oxygen atoms in total. The first-order valence-corrected chi connectivity index (χ1v) is 8.68. The van der Waals surface area contributed by atoms with Gasteiger partial charge in [0, 0.05) is 49.7 Å². The van der Waals surface area contributed by atoms with E-state index in [-0.39, 0.29) is 24.3 Å². The molecule has 1 aliphatic heterocycles. The van der Waals surface area contributed by atoms with E-state index in [1.165, 1.54) is 4.90 Å². The second kappa shape index (κ2) is 8.33.